The number of hydrogen-bond donors (Lipinski definition) is 2. The van der Waals surface area contributed by atoms with E-state index in [0.29, 0.717) is 6.42 Å². The van der Waals surface area contributed by atoms with Crippen molar-refractivity contribution in [3.8, 4) is 11.5 Å². The Labute approximate surface area is 142 Å². The second kappa shape index (κ2) is 6.43. The Morgan fingerprint density at radius 3 is 2.67 bits per heavy atom. The molecule has 2 N–H and O–H groups in total. The molecule has 0 radical (unpaired) electrons. The summed E-state index contributed by atoms with van der Waals surface area (Å²) in [4.78, 5) is 12.4. The summed E-state index contributed by atoms with van der Waals surface area (Å²) in [5.74, 6) is 1.52. The smallest absolute Gasteiger partial charge is 0.319 e. The highest BCUT2D eigenvalue weighted by Crippen LogP contribution is 2.41. The molecule has 0 saturated carbocycles. The molecule has 5 heteroatoms. The number of rotatable bonds is 3. The number of nitrogens with one attached hydrogen (secondary N) is 2. The van der Waals surface area contributed by atoms with Gasteiger partial charge in [-0.05, 0) is 44.2 Å². The van der Waals surface area contributed by atoms with Crippen LogP contribution in [0.4, 0.5) is 10.5 Å². The summed E-state index contributed by atoms with van der Waals surface area (Å²) >= 11 is 0. The van der Waals surface area contributed by atoms with E-state index in [1.54, 1.807) is 7.11 Å². The predicted octanol–water partition coefficient (Wildman–Crippen LogP) is 4.12. The number of carbonyl (C=O) groups excluding carboxylic acids is 1. The minimum absolute atomic E-state index is 0.150. The van der Waals surface area contributed by atoms with E-state index >= 15 is 0 Å². The van der Waals surface area contributed by atoms with Gasteiger partial charge in [0.15, 0.2) is 0 Å². The van der Waals surface area contributed by atoms with Gasteiger partial charge in [0.1, 0.15) is 17.1 Å². The second-order valence-electron chi connectivity index (χ2n) is 6.49. The fourth-order valence-electron chi connectivity index (χ4n) is 2.94. The number of benzene rings is 2. The molecule has 2 amide bonds. The first kappa shape index (κ1) is 16.2. The quantitative estimate of drug-likeness (QED) is 0.892. The van der Waals surface area contributed by atoms with Crippen molar-refractivity contribution in [1.29, 1.82) is 0 Å². The maximum Gasteiger partial charge on any atom is 0.319 e. The Bertz CT molecular complexity index is 729. The molecule has 126 valence electrons. The lowest BCUT2D eigenvalue weighted by molar-refractivity contribution is 0.0681. The molecule has 0 fully saturated rings. The van der Waals surface area contributed by atoms with Crippen LogP contribution >= 0.6 is 0 Å². The summed E-state index contributed by atoms with van der Waals surface area (Å²) in [6.45, 7) is 4.04. The lowest BCUT2D eigenvalue weighted by atomic mass is 9.89. The highest BCUT2D eigenvalue weighted by molar-refractivity contribution is 5.89. The fourth-order valence-corrected chi connectivity index (χ4v) is 2.94. The van der Waals surface area contributed by atoms with Crippen molar-refractivity contribution >= 4 is 11.7 Å². The van der Waals surface area contributed by atoms with Crippen LogP contribution < -0.4 is 20.1 Å². The molecule has 1 atom stereocenters. The standard InChI is InChI=1S/C19H22N2O3/c1-19(2)12-16(15-11-14(23-3)9-10-17(15)24-19)21-18(22)20-13-7-5-4-6-8-13/h4-11,16H,12H2,1-3H3,(H2,20,21,22)/t16-/m0/s1. The molecule has 2 aromatic rings. The number of ether oxygens (including phenoxy) is 2. The van der Waals surface area contributed by atoms with E-state index < -0.39 is 0 Å². The monoisotopic (exact) mass is 326 g/mol. The normalized spacial score (nSPS) is 18.0. The van der Waals surface area contributed by atoms with Gasteiger partial charge in [-0.15, -0.1) is 0 Å². The minimum atomic E-state index is -0.355. The second-order valence-corrected chi connectivity index (χ2v) is 6.49. The topological polar surface area (TPSA) is 59.6 Å². The van der Waals surface area contributed by atoms with E-state index in [1.165, 1.54) is 0 Å². The van der Waals surface area contributed by atoms with Crippen LogP contribution in [0.15, 0.2) is 48.5 Å². The first-order valence-electron chi connectivity index (χ1n) is 7.96. The van der Waals surface area contributed by atoms with Crippen molar-refractivity contribution in [2.24, 2.45) is 0 Å². The average Bonchev–Trinajstić information content (AvgIpc) is 2.54. The lowest BCUT2D eigenvalue weighted by Gasteiger charge is -2.38. The highest BCUT2D eigenvalue weighted by Gasteiger charge is 2.34. The van der Waals surface area contributed by atoms with Crippen LogP contribution in [0.25, 0.3) is 0 Å². The number of hydrogen-bond acceptors (Lipinski definition) is 3. The van der Waals surface area contributed by atoms with E-state index in [-0.39, 0.29) is 17.7 Å². The summed E-state index contributed by atoms with van der Waals surface area (Å²) in [6, 6.07) is 14.7. The van der Waals surface area contributed by atoms with Crippen LogP contribution in [-0.2, 0) is 0 Å². The molecular weight excluding hydrogens is 304 g/mol. The van der Waals surface area contributed by atoms with E-state index in [9.17, 15) is 4.79 Å². The first-order valence-corrected chi connectivity index (χ1v) is 7.96. The maximum absolute atomic E-state index is 12.4. The molecule has 0 unspecified atom stereocenters. The van der Waals surface area contributed by atoms with E-state index in [2.05, 4.69) is 10.6 Å². The number of para-hydroxylation sites is 1. The molecule has 3 rings (SSSR count). The molecule has 0 aromatic heterocycles. The molecule has 1 heterocycles. The van der Waals surface area contributed by atoms with E-state index in [1.807, 2.05) is 62.4 Å². The zero-order valence-corrected chi connectivity index (χ0v) is 14.1. The number of fused-ring (bicyclic) bond motifs is 1. The van der Waals surface area contributed by atoms with Gasteiger partial charge in [-0.25, -0.2) is 4.79 Å². The molecule has 2 aromatic carbocycles. The molecule has 0 aliphatic carbocycles. The average molecular weight is 326 g/mol. The molecule has 5 nitrogen and oxygen atoms in total. The maximum atomic E-state index is 12.4. The Morgan fingerprint density at radius 1 is 1.21 bits per heavy atom. The van der Waals surface area contributed by atoms with Crippen LogP contribution in [0.5, 0.6) is 11.5 Å². The SMILES string of the molecule is COc1ccc2c(c1)[C@@H](NC(=O)Nc1ccccc1)CC(C)(C)O2. The zero-order valence-electron chi connectivity index (χ0n) is 14.1. The van der Waals surface area contributed by atoms with Crippen molar-refractivity contribution in [2.75, 3.05) is 12.4 Å². The van der Waals surface area contributed by atoms with Gasteiger partial charge in [-0.2, -0.15) is 0 Å². The van der Waals surface area contributed by atoms with E-state index in [0.717, 1.165) is 22.7 Å². The van der Waals surface area contributed by atoms with Crippen LogP contribution in [0.2, 0.25) is 0 Å². The van der Waals surface area contributed by atoms with Crippen LogP contribution in [-0.4, -0.2) is 18.7 Å². The Morgan fingerprint density at radius 2 is 1.96 bits per heavy atom. The molecule has 1 aliphatic rings. The molecule has 24 heavy (non-hydrogen) atoms. The molecule has 0 bridgehead atoms. The highest BCUT2D eigenvalue weighted by atomic mass is 16.5. The van der Waals surface area contributed by atoms with Gasteiger partial charge in [-0.1, -0.05) is 18.2 Å². The third-order valence-electron chi connectivity index (χ3n) is 4.01. The van der Waals surface area contributed by atoms with Crippen molar-refractivity contribution in [1.82, 2.24) is 5.32 Å². The first-order chi connectivity index (χ1) is 11.5. The number of methoxy groups -OCH3 is 1. The van der Waals surface area contributed by atoms with E-state index in [4.69, 9.17) is 9.47 Å². The van der Waals surface area contributed by atoms with Crippen LogP contribution in [0.1, 0.15) is 31.9 Å². The number of anilines is 1. The van der Waals surface area contributed by atoms with Crippen molar-refractivity contribution < 1.29 is 14.3 Å². The third kappa shape index (κ3) is 3.62. The summed E-state index contributed by atoms with van der Waals surface area (Å²) < 4.78 is 11.3. The van der Waals surface area contributed by atoms with Gasteiger partial charge < -0.3 is 20.1 Å². The molecule has 0 spiro atoms. The summed E-state index contributed by atoms with van der Waals surface area (Å²) in [5, 5.41) is 5.90. The van der Waals surface area contributed by atoms with Crippen molar-refractivity contribution in [2.45, 2.75) is 31.9 Å². The third-order valence-corrected chi connectivity index (χ3v) is 4.01. The number of amides is 2. The number of carbonyl (C=O) groups is 1. The van der Waals surface area contributed by atoms with Crippen molar-refractivity contribution in [3.05, 3.63) is 54.1 Å². The molecule has 1 aliphatic heterocycles. The number of urea groups is 1. The Balaban J connectivity index is 1.80. The molecule has 0 saturated heterocycles. The van der Waals surface area contributed by atoms with Gasteiger partial charge in [0.2, 0.25) is 0 Å². The zero-order chi connectivity index (χ0) is 17.2. The minimum Gasteiger partial charge on any atom is -0.497 e. The Hall–Kier alpha value is -2.69. The summed E-state index contributed by atoms with van der Waals surface area (Å²) in [6.07, 6.45) is 0.676. The van der Waals surface area contributed by atoms with Gasteiger partial charge in [-0.3, -0.25) is 0 Å². The van der Waals surface area contributed by atoms with Crippen LogP contribution in [0.3, 0.4) is 0 Å². The van der Waals surface area contributed by atoms with Crippen molar-refractivity contribution in [3.63, 3.8) is 0 Å². The van der Waals surface area contributed by atoms with Gasteiger partial charge >= 0.3 is 6.03 Å². The Kier molecular flexibility index (Phi) is 4.34. The van der Waals surface area contributed by atoms with Gasteiger partial charge in [0.05, 0.1) is 13.2 Å². The fraction of sp³-hybridized carbons (Fsp3) is 0.316. The van der Waals surface area contributed by atoms with Gasteiger partial charge in [0, 0.05) is 17.7 Å². The molecular formula is C19H22N2O3. The summed E-state index contributed by atoms with van der Waals surface area (Å²) in [7, 11) is 1.62. The summed E-state index contributed by atoms with van der Waals surface area (Å²) in [5.41, 5.74) is 1.33. The lowest BCUT2D eigenvalue weighted by Crippen LogP contribution is -2.42. The largest absolute Gasteiger partial charge is 0.497 e. The predicted molar refractivity (Wildman–Crippen MR) is 93.7 cm³/mol. The van der Waals surface area contributed by atoms with Gasteiger partial charge in [0.25, 0.3) is 0 Å². The van der Waals surface area contributed by atoms with Crippen LogP contribution in [0, 0.1) is 0 Å².